The van der Waals surface area contributed by atoms with Crippen LogP contribution in [0.15, 0.2) is 18.2 Å². The van der Waals surface area contributed by atoms with Crippen molar-refractivity contribution in [2.24, 2.45) is 7.05 Å². The second-order valence-electron chi connectivity index (χ2n) is 6.54. The smallest absolute Gasteiger partial charge is 0.270 e. The van der Waals surface area contributed by atoms with Crippen molar-refractivity contribution in [3.05, 3.63) is 29.5 Å². The first-order valence-corrected chi connectivity index (χ1v) is 8.72. The predicted molar refractivity (Wildman–Crippen MR) is 96.5 cm³/mol. The topological polar surface area (TPSA) is 54.3 Å². The van der Waals surface area contributed by atoms with Crippen molar-refractivity contribution < 1.29 is 9.59 Å². The second-order valence-corrected chi connectivity index (χ2v) is 6.54. The summed E-state index contributed by atoms with van der Waals surface area (Å²) in [6.45, 7) is 5.47. The number of aryl methyl sites for hydroxylation is 2. The van der Waals surface area contributed by atoms with E-state index in [-0.39, 0.29) is 11.8 Å². The predicted octanol–water partition coefficient (Wildman–Crippen LogP) is 3.14. The van der Waals surface area contributed by atoms with Crippen LogP contribution in [0.4, 0.5) is 5.69 Å². The molecular formula is C19H25N3O2. The third-order valence-electron chi connectivity index (χ3n) is 4.70. The summed E-state index contributed by atoms with van der Waals surface area (Å²) >= 11 is 0. The molecule has 0 spiro atoms. The summed E-state index contributed by atoms with van der Waals surface area (Å²) in [6, 6.07) is 6.13. The molecule has 1 N–H and O–H groups in total. The number of rotatable bonds is 5. The molecule has 1 aliphatic rings. The maximum atomic E-state index is 12.8. The minimum absolute atomic E-state index is 0.102. The van der Waals surface area contributed by atoms with E-state index in [4.69, 9.17) is 0 Å². The Hall–Kier alpha value is -2.30. The molecule has 0 unspecified atom stereocenters. The van der Waals surface area contributed by atoms with Gasteiger partial charge in [0.05, 0.1) is 11.2 Å². The molecule has 1 aromatic carbocycles. The molecule has 2 amide bonds. The molecule has 128 valence electrons. The first kappa shape index (κ1) is 16.6. The molecule has 1 fully saturated rings. The Morgan fingerprint density at radius 1 is 1.33 bits per heavy atom. The molecule has 0 atom stereocenters. The van der Waals surface area contributed by atoms with Crippen molar-refractivity contribution in [1.29, 1.82) is 0 Å². The molecule has 3 rings (SSSR count). The summed E-state index contributed by atoms with van der Waals surface area (Å²) in [5.41, 5.74) is 3.46. The van der Waals surface area contributed by atoms with Gasteiger partial charge in [0, 0.05) is 31.9 Å². The Kier molecular flexibility index (Phi) is 4.60. The Morgan fingerprint density at radius 3 is 2.79 bits per heavy atom. The number of amides is 2. The SMILES string of the molecule is CCCCNC(=O)c1c(N2CCCC2=O)c2cc(C)ccc2n1C. The Morgan fingerprint density at radius 2 is 2.12 bits per heavy atom. The normalized spacial score (nSPS) is 14.6. The molecule has 5 heteroatoms. The van der Waals surface area contributed by atoms with E-state index >= 15 is 0 Å². The molecule has 0 radical (unpaired) electrons. The molecule has 1 aliphatic heterocycles. The molecule has 24 heavy (non-hydrogen) atoms. The number of hydrogen-bond acceptors (Lipinski definition) is 2. The van der Waals surface area contributed by atoms with Crippen LogP contribution < -0.4 is 10.2 Å². The van der Waals surface area contributed by atoms with Gasteiger partial charge < -0.3 is 14.8 Å². The van der Waals surface area contributed by atoms with Crippen LogP contribution >= 0.6 is 0 Å². The van der Waals surface area contributed by atoms with Gasteiger partial charge in [-0.2, -0.15) is 0 Å². The number of unbranched alkanes of at least 4 members (excludes halogenated alkanes) is 1. The zero-order valence-electron chi connectivity index (χ0n) is 14.7. The summed E-state index contributed by atoms with van der Waals surface area (Å²) in [4.78, 5) is 26.9. The Labute approximate surface area is 142 Å². The third kappa shape index (κ3) is 2.79. The van der Waals surface area contributed by atoms with Gasteiger partial charge in [-0.25, -0.2) is 0 Å². The maximum Gasteiger partial charge on any atom is 0.270 e. The van der Waals surface area contributed by atoms with Gasteiger partial charge in [-0.3, -0.25) is 9.59 Å². The van der Waals surface area contributed by atoms with Crippen LogP contribution in [-0.2, 0) is 11.8 Å². The van der Waals surface area contributed by atoms with Crippen LogP contribution in [-0.4, -0.2) is 29.5 Å². The lowest BCUT2D eigenvalue weighted by atomic mass is 10.1. The van der Waals surface area contributed by atoms with Gasteiger partial charge in [0.15, 0.2) is 0 Å². The lowest BCUT2D eigenvalue weighted by Gasteiger charge is -2.18. The molecule has 2 heterocycles. The fourth-order valence-electron chi connectivity index (χ4n) is 3.42. The minimum Gasteiger partial charge on any atom is -0.351 e. The zero-order valence-corrected chi connectivity index (χ0v) is 14.7. The summed E-state index contributed by atoms with van der Waals surface area (Å²) < 4.78 is 1.91. The van der Waals surface area contributed by atoms with E-state index in [2.05, 4.69) is 18.3 Å². The van der Waals surface area contributed by atoms with Crippen LogP contribution in [0.3, 0.4) is 0 Å². The lowest BCUT2D eigenvalue weighted by molar-refractivity contribution is -0.117. The van der Waals surface area contributed by atoms with E-state index in [1.54, 1.807) is 4.90 Å². The van der Waals surface area contributed by atoms with E-state index in [0.29, 0.717) is 25.2 Å². The second kappa shape index (κ2) is 6.67. The van der Waals surface area contributed by atoms with Crippen molar-refractivity contribution in [3.63, 3.8) is 0 Å². The molecular weight excluding hydrogens is 302 g/mol. The van der Waals surface area contributed by atoms with Crippen molar-refractivity contribution in [3.8, 4) is 0 Å². The number of nitrogens with zero attached hydrogens (tertiary/aromatic N) is 2. The zero-order chi connectivity index (χ0) is 17.3. The van der Waals surface area contributed by atoms with Gasteiger partial charge in [0.25, 0.3) is 5.91 Å². The molecule has 5 nitrogen and oxygen atoms in total. The summed E-state index contributed by atoms with van der Waals surface area (Å²) in [5.74, 6) is 0.00103. The number of fused-ring (bicyclic) bond motifs is 1. The molecule has 0 aliphatic carbocycles. The number of carbonyl (C=O) groups is 2. The van der Waals surface area contributed by atoms with Crippen LogP contribution in [0.2, 0.25) is 0 Å². The summed E-state index contributed by atoms with van der Waals surface area (Å²) in [7, 11) is 1.90. The monoisotopic (exact) mass is 327 g/mol. The highest BCUT2D eigenvalue weighted by molar-refractivity contribution is 6.14. The van der Waals surface area contributed by atoms with E-state index in [9.17, 15) is 9.59 Å². The first-order chi connectivity index (χ1) is 11.5. The number of anilines is 1. The maximum absolute atomic E-state index is 12.8. The van der Waals surface area contributed by atoms with Crippen molar-refractivity contribution in [1.82, 2.24) is 9.88 Å². The summed E-state index contributed by atoms with van der Waals surface area (Å²) in [5, 5.41) is 3.98. The largest absolute Gasteiger partial charge is 0.351 e. The quantitative estimate of drug-likeness (QED) is 0.858. The lowest BCUT2D eigenvalue weighted by Crippen LogP contribution is -2.31. The number of hydrogen-bond donors (Lipinski definition) is 1. The highest BCUT2D eigenvalue weighted by Crippen LogP contribution is 2.36. The van der Waals surface area contributed by atoms with Crippen LogP contribution in [0, 0.1) is 6.92 Å². The van der Waals surface area contributed by atoms with Gasteiger partial charge in [-0.05, 0) is 31.9 Å². The van der Waals surface area contributed by atoms with Gasteiger partial charge in [-0.15, -0.1) is 0 Å². The number of carbonyl (C=O) groups excluding carboxylic acids is 2. The average Bonchev–Trinajstić information content (AvgIpc) is 3.08. The van der Waals surface area contributed by atoms with Gasteiger partial charge >= 0.3 is 0 Å². The molecule has 1 saturated heterocycles. The third-order valence-corrected chi connectivity index (χ3v) is 4.70. The molecule has 2 aromatic rings. The van der Waals surface area contributed by atoms with E-state index in [0.717, 1.165) is 41.4 Å². The Balaban J connectivity index is 2.13. The van der Waals surface area contributed by atoms with Gasteiger partial charge in [0.2, 0.25) is 5.91 Å². The molecule has 1 aromatic heterocycles. The molecule has 0 bridgehead atoms. The van der Waals surface area contributed by atoms with Crippen LogP contribution in [0.1, 0.15) is 48.7 Å². The van der Waals surface area contributed by atoms with Gasteiger partial charge in [0.1, 0.15) is 5.69 Å². The molecule has 0 saturated carbocycles. The standard InChI is InChI=1S/C19H25N3O2/c1-4-5-10-20-19(24)18-17(22-11-6-7-16(22)23)14-12-13(2)8-9-15(14)21(18)3/h8-9,12H,4-7,10-11H2,1-3H3,(H,20,24). The minimum atomic E-state index is -0.102. The van der Waals surface area contributed by atoms with Gasteiger partial charge in [-0.1, -0.05) is 25.0 Å². The van der Waals surface area contributed by atoms with Crippen molar-refractivity contribution in [2.45, 2.75) is 39.5 Å². The van der Waals surface area contributed by atoms with E-state index in [1.807, 2.05) is 30.7 Å². The number of aromatic nitrogens is 1. The van der Waals surface area contributed by atoms with Crippen LogP contribution in [0.25, 0.3) is 10.9 Å². The highest BCUT2D eigenvalue weighted by Gasteiger charge is 2.31. The fourth-order valence-corrected chi connectivity index (χ4v) is 3.42. The van der Waals surface area contributed by atoms with E-state index < -0.39 is 0 Å². The van der Waals surface area contributed by atoms with Crippen molar-refractivity contribution >= 4 is 28.4 Å². The van der Waals surface area contributed by atoms with E-state index in [1.165, 1.54) is 0 Å². The summed E-state index contributed by atoms with van der Waals surface area (Å²) in [6.07, 6.45) is 3.38. The fraction of sp³-hybridized carbons (Fsp3) is 0.474. The van der Waals surface area contributed by atoms with Crippen LogP contribution in [0.5, 0.6) is 0 Å². The number of benzene rings is 1. The first-order valence-electron chi connectivity index (χ1n) is 8.72. The highest BCUT2D eigenvalue weighted by atomic mass is 16.2. The average molecular weight is 327 g/mol. The Bertz CT molecular complexity index is 791. The number of nitrogens with one attached hydrogen (secondary N) is 1. The van der Waals surface area contributed by atoms with Crippen molar-refractivity contribution in [2.75, 3.05) is 18.0 Å².